The summed E-state index contributed by atoms with van der Waals surface area (Å²) >= 11 is 1.32. The Morgan fingerprint density at radius 1 is 1.35 bits per heavy atom. The van der Waals surface area contributed by atoms with Gasteiger partial charge in [0.2, 0.25) is 5.91 Å². The zero-order chi connectivity index (χ0) is 18.1. The lowest BCUT2D eigenvalue weighted by molar-refractivity contribution is -0.147. The minimum Gasteiger partial charge on any atom is -0.392 e. The SMILES string of the molecule is O=C(c1nc(-c2ccccc2)cs1)N1CC[C@H](O)[C@@]2(CCCNC2=O)C1. The molecule has 0 radical (unpaired) electrons. The Kier molecular flexibility index (Phi) is 4.50. The Bertz CT molecular complexity index is 822. The number of benzene rings is 1. The smallest absolute Gasteiger partial charge is 0.282 e. The summed E-state index contributed by atoms with van der Waals surface area (Å²) in [4.78, 5) is 31.6. The van der Waals surface area contributed by atoms with Crippen LogP contribution < -0.4 is 5.32 Å². The highest BCUT2D eigenvalue weighted by molar-refractivity contribution is 7.12. The van der Waals surface area contributed by atoms with E-state index in [0.717, 1.165) is 17.7 Å². The van der Waals surface area contributed by atoms with Gasteiger partial charge in [0.05, 0.1) is 17.2 Å². The molecular weight excluding hydrogens is 350 g/mol. The number of amides is 2. The molecule has 136 valence electrons. The van der Waals surface area contributed by atoms with Gasteiger partial charge in [-0.25, -0.2) is 4.98 Å². The van der Waals surface area contributed by atoms with E-state index in [4.69, 9.17) is 0 Å². The minimum atomic E-state index is -0.883. The summed E-state index contributed by atoms with van der Waals surface area (Å²) in [7, 11) is 0. The quantitative estimate of drug-likeness (QED) is 0.845. The third-order valence-corrected chi connectivity index (χ3v) is 6.19. The van der Waals surface area contributed by atoms with Crippen molar-refractivity contribution in [2.24, 2.45) is 5.41 Å². The van der Waals surface area contributed by atoms with Crippen molar-refractivity contribution in [3.63, 3.8) is 0 Å². The number of rotatable bonds is 2. The average molecular weight is 371 g/mol. The Morgan fingerprint density at radius 2 is 2.15 bits per heavy atom. The monoisotopic (exact) mass is 371 g/mol. The van der Waals surface area contributed by atoms with E-state index in [1.54, 1.807) is 4.90 Å². The van der Waals surface area contributed by atoms with E-state index < -0.39 is 11.5 Å². The van der Waals surface area contributed by atoms with E-state index in [0.29, 0.717) is 30.9 Å². The number of piperidine rings is 2. The van der Waals surface area contributed by atoms with Gasteiger partial charge in [-0.05, 0) is 19.3 Å². The Labute approximate surface area is 155 Å². The highest BCUT2D eigenvalue weighted by Crippen LogP contribution is 2.38. The molecule has 1 aromatic heterocycles. The van der Waals surface area contributed by atoms with Gasteiger partial charge in [0.15, 0.2) is 5.01 Å². The number of likely N-dealkylation sites (tertiary alicyclic amines) is 1. The van der Waals surface area contributed by atoms with Crippen molar-refractivity contribution in [1.82, 2.24) is 15.2 Å². The summed E-state index contributed by atoms with van der Waals surface area (Å²) < 4.78 is 0. The molecule has 2 aliphatic rings. The first-order valence-electron chi connectivity index (χ1n) is 8.87. The van der Waals surface area contributed by atoms with Crippen LogP contribution in [0.5, 0.6) is 0 Å². The standard InChI is InChI=1S/C19H21N3O3S/c23-15-7-10-22(12-19(15)8-4-9-20-18(19)25)17(24)16-21-14(11-26-16)13-5-2-1-3-6-13/h1-3,5-6,11,15,23H,4,7-10,12H2,(H,20,25)/t15-,19+/m0/s1. The Morgan fingerprint density at radius 3 is 2.92 bits per heavy atom. The first-order chi connectivity index (χ1) is 12.6. The summed E-state index contributed by atoms with van der Waals surface area (Å²) in [5, 5.41) is 15.6. The number of carbonyl (C=O) groups is 2. The van der Waals surface area contributed by atoms with Gasteiger partial charge < -0.3 is 15.3 Å². The van der Waals surface area contributed by atoms with Gasteiger partial charge in [0.25, 0.3) is 5.91 Å². The number of aromatic nitrogens is 1. The fourth-order valence-electron chi connectivity index (χ4n) is 3.87. The Hall–Kier alpha value is -2.25. The van der Waals surface area contributed by atoms with Crippen LogP contribution in [0.3, 0.4) is 0 Å². The van der Waals surface area contributed by atoms with Crippen LogP contribution in [0.1, 0.15) is 29.1 Å². The molecule has 3 heterocycles. The maximum absolute atomic E-state index is 12.9. The third-order valence-electron chi connectivity index (χ3n) is 5.36. The van der Waals surface area contributed by atoms with Crippen molar-refractivity contribution >= 4 is 23.2 Å². The molecule has 0 bridgehead atoms. The molecule has 2 aliphatic heterocycles. The molecule has 2 N–H and O–H groups in total. The second-order valence-electron chi connectivity index (χ2n) is 6.95. The lowest BCUT2D eigenvalue weighted by atomic mass is 9.71. The van der Waals surface area contributed by atoms with Gasteiger partial charge in [-0.3, -0.25) is 9.59 Å². The first kappa shape index (κ1) is 17.2. The summed E-state index contributed by atoms with van der Waals surface area (Å²) in [5.41, 5.74) is 0.868. The number of hydrogen-bond acceptors (Lipinski definition) is 5. The zero-order valence-corrected chi connectivity index (χ0v) is 15.2. The van der Waals surface area contributed by atoms with Crippen molar-refractivity contribution < 1.29 is 14.7 Å². The maximum Gasteiger partial charge on any atom is 0.282 e. The molecule has 6 nitrogen and oxygen atoms in total. The number of nitrogens with zero attached hydrogens (tertiary/aromatic N) is 2. The molecule has 2 aromatic rings. The molecule has 0 unspecified atom stereocenters. The number of carbonyl (C=O) groups excluding carboxylic acids is 2. The van der Waals surface area contributed by atoms with Gasteiger partial charge in [-0.15, -0.1) is 11.3 Å². The molecular formula is C19H21N3O3S. The van der Waals surface area contributed by atoms with E-state index in [9.17, 15) is 14.7 Å². The van der Waals surface area contributed by atoms with Crippen molar-refractivity contribution in [2.75, 3.05) is 19.6 Å². The molecule has 0 aliphatic carbocycles. The van der Waals surface area contributed by atoms with Crippen LogP contribution in [0, 0.1) is 5.41 Å². The fraction of sp³-hybridized carbons (Fsp3) is 0.421. The lowest BCUT2D eigenvalue weighted by Gasteiger charge is -2.46. The normalized spacial score (nSPS) is 26.0. The van der Waals surface area contributed by atoms with Crippen LogP contribution in [-0.4, -0.2) is 52.5 Å². The predicted molar refractivity (Wildman–Crippen MR) is 98.8 cm³/mol. The number of thiazole rings is 1. The van der Waals surface area contributed by atoms with Crippen LogP contribution in [-0.2, 0) is 4.79 Å². The molecule has 7 heteroatoms. The van der Waals surface area contributed by atoms with E-state index in [1.165, 1.54) is 11.3 Å². The third kappa shape index (κ3) is 2.91. The van der Waals surface area contributed by atoms with Gasteiger partial charge in [0, 0.05) is 30.6 Å². The Balaban J connectivity index is 1.55. The summed E-state index contributed by atoms with van der Waals surface area (Å²) in [5.74, 6) is -0.306. The van der Waals surface area contributed by atoms with Crippen LogP contribution in [0.25, 0.3) is 11.3 Å². The molecule has 2 amide bonds. The summed E-state index contributed by atoms with van der Waals surface area (Å²) in [6, 6.07) is 9.74. The second-order valence-corrected chi connectivity index (χ2v) is 7.81. The topological polar surface area (TPSA) is 82.5 Å². The minimum absolute atomic E-state index is 0.141. The highest BCUT2D eigenvalue weighted by atomic mass is 32.1. The highest BCUT2D eigenvalue weighted by Gasteiger charge is 2.50. The van der Waals surface area contributed by atoms with Gasteiger partial charge in [-0.2, -0.15) is 0 Å². The fourth-order valence-corrected chi connectivity index (χ4v) is 4.66. The molecule has 4 rings (SSSR count). The van der Waals surface area contributed by atoms with E-state index >= 15 is 0 Å². The summed E-state index contributed by atoms with van der Waals surface area (Å²) in [6.45, 7) is 1.32. The first-order valence-corrected chi connectivity index (χ1v) is 9.75. The number of aliphatic hydroxyl groups excluding tert-OH is 1. The number of hydrogen-bond donors (Lipinski definition) is 2. The van der Waals surface area contributed by atoms with Gasteiger partial charge >= 0.3 is 0 Å². The van der Waals surface area contributed by atoms with E-state index in [1.807, 2.05) is 35.7 Å². The van der Waals surface area contributed by atoms with Crippen LogP contribution in [0.15, 0.2) is 35.7 Å². The molecule has 2 atom stereocenters. The second kappa shape index (κ2) is 6.81. The van der Waals surface area contributed by atoms with E-state index in [2.05, 4.69) is 10.3 Å². The van der Waals surface area contributed by atoms with Crippen molar-refractivity contribution in [3.05, 3.63) is 40.7 Å². The predicted octanol–water partition coefficient (Wildman–Crippen LogP) is 1.91. The number of nitrogens with one attached hydrogen (secondary N) is 1. The lowest BCUT2D eigenvalue weighted by Crippen LogP contribution is -2.62. The molecule has 2 saturated heterocycles. The van der Waals surface area contributed by atoms with Crippen molar-refractivity contribution in [3.8, 4) is 11.3 Å². The average Bonchev–Trinajstić information content (AvgIpc) is 3.16. The van der Waals surface area contributed by atoms with Crippen LogP contribution in [0.2, 0.25) is 0 Å². The van der Waals surface area contributed by atoms with Crippen molar-refractivity contribution in [2.45, 2.75) is 25.4 Å². The van der Waals surface area contributed by atoms with Gasteiger partial charge in [-0.1, -0.05) is 30.3 Å². The van der Waals surface area contributed by atoms with Gasteiger partial charge in [0.1, 0.15) is 0 Å². The molecule has 1 aromatic carbocycles. The molecule has 26 heavy (non-hydrogen) atoms. The van der Waals surface area contributed by atoms with Crippen molar-refractivity contribution in [1.29, 1.82) is 0 Å². The largest absolute Gasteiger partial charge is 0.392 e. The summed E-state index contributed by atoms with van der Waals surface area (Å²) in [6.07, 6.45) is 1.13. The number of aliphatic hydroxyl groups is 1. The van der Waals surface area contributed by atoms with E-state index in [-0.39, 0.29) is 18.4 Å². The van der Waals surface area contributed by atoms with Crippen LogP contribution in [0.4, 0.5) is 0 Å². The van der Waals surface area contributed by atoms with Crippen LogP contribution >= 0.6 is 11.3 Å². The molecule has 2 fully saturated rings. The maximum atomic E-state index is 12.9. The molecule has 1 spiro atoms. The zero-order valence-electron chi connectivity index (χ0n) is 14.4. The molecule has 0 saturated carbocycles.